The van der Waals surface area contributed by atoms with Crippen molar-refractivity contribution in [1.82, 2.24) is 4.90 Å². The van der Waals surface area contributed by atoms with E-state index < -0.39 is 30.4 Å². The van der Waals surface area contributed by atoms with E-state index in [9.17, 15) is 19.1 Å². The molecule has 2 rings (SSSR count). The quantitative estimate of drug-likeness (QED) is 0.762. The van der Waals surface area contributed by atoms with Gasteiger partial charge in [0.25, 0.3) is 5.91 Å². The molecule has 7 heteroatoms. The molecule has 1 aliphatic carbocycles. The lowest BCUT2D eigenvalue weighted by molar-refractivity contribution is -0.145. The van der Waals surface area contributed by atoms with Crippen LogP contribution in [0.5, 0.6) is 0 Å². The van der Waals surface area contributed by atoms with Gasteiger partial charge in [-0.2, -0.15) is 0 Å². The molecular weight excluding hydrogens is 269 g/mol. The number of likely N-dealkylation sites (tertiary alicyclic amines) is 1. The molecule has 20 heavy (non-hydrogen) atoms. The zero-order chi connectivity index (χ0) is 14.7. The first kappa shape index (κ1) is 15.0. The smallest absolute Gasteiger partial charge is 0.450 e. The maximum Gasteiger partial charge on any atom is 0.506 e. The number of carboxylic acid groups (broad SMARTS) is 1. The summed E-state index contributed by atoms with van der Waals surface area (Å²) in [6.45, 7) is 0.308. The maximum absolute atomic E-state index is 13.2. The Bertz CT molecular complexity index is 370. The number of aliphatic hydroxyl groups excluding tert-OH is 1. The van der Waals surface area contributed by atoms with Crippen molar-refractivity contribution in [1.29, 1.82) is 0 Å². The van der Waals surface area contributed by atoms with E-state index in [0.717, 1.165) is 0 Å². The fourth-order valence-electron chi connectivity index (χ4n) is 2.96. The number of amides is 1. The molecule has 2 fully saturated rings. The molecule has 0 aromatic heterocycles. The second-order valence-corrected chi connectivity index (χ2v) is 5.54. The molecule has 0 bridgehead atoms. The number of hydrogen-bond acceptors (Lipinski definition) is 4. The Morgan fingerprint density at radius 2 is 1.85 bits per heavy atom. The Kier molecular flexibility index (Phi) is 4.80. The highest BCUT2D eigenvalue weighted by Crippen LogP contribution is 2.30. The minimum atomic E-state index is -1.49. The summed E-state index contributed by atoms with van der Waals surface area (Å²) in [6.07, 6.45) is -1.58. The van der Waals surface area contributed by atoms with Crippen LogP contribution in [0.3, 0.4) is 0 Å². The monoisotopic (exact) mass is 289 g/mol. The van der Waals surface area contributed by atoms with Crippen LogP contribution in [0, 0.1) is 5.92 Å². The van der Waals surface area contributed by atoms with Crippen LogP contribution in [0.4, 0.5) is 9.18 Å². The first-order valence-electron chi connectivity index (χ1n) is 6.98. The second-order valence-electron chi connectivity index (χ2n) is 5.54. The molecular formula is C13H20FNO5. The third-order valence-corrected chi connectivity index (χ3v) is 4.08. The van der Waals surface area contributed by atoms with Crippen molar-refractivity contribution >= 4 is 12.1 Å². The van der Waals surface area contributed by atoms with Crippen molar-refractivity contribution in [2.45, 2.75) is 50.5 Å². The van der Waals surface area contributed by atoms with Crippen molar-refractivity contribution in [2.75, 3.05) is 13.1 Å². The fraction of sp³-hybridized carbons (Fsp3) is 0.846. The number of ether oxygens (including phenoxy) is 1. The fourth-order valence-corrected chi connectivity index (χ4v) is 2.96. The minimum absolute atomic E-state index is 0.00760. The second kappa shape index (κ2) is 6.39. The molecule has 1 unspecified atom stereocenters. The summed E-state index contributed by atoms with van der Waals surface area (Å²) >= 11 is 0. The molecule has 1 heterocycles. The van der Waals surface area contributed by atoms with Crippen LogP contribution in [0.2, 0.25) is 0 Å². The van der Waals surface area contributed by atoms with Gasteiger partial charge in [-0.1, -0.05) is 0 Å². The van der Waals surface area contributed by atoms with Gasteiger partial charge in [0.1, 0.15) is 6.17 Å². The Labute approximate surface area is 116 Å². The molecule has 2 atom stereocenters. The topological polar surface area (TPSA) is 87.1 Å². The van der Waals surface area contributed by atoms with Gasteiger partial charge in [-0.25, -0.2) is 9.18 Å². The van der Waals surface area contributed by atoms with Gasteiger partial charge in [-0.15, -0.1) is 0 Å². The summed E-state index contributed by atoms with van der Waals surface area (Å²) in [5.41, 5.74) is 0. The number of hydrogen-bond donors (Lipinski definition) is 2. The summed E-state index contributed by atoms with van der Waals surface area (Å²) < 4.78 is 17.9. The molecule has 6 nitrogen and oxygen atoms in total. The van der Waals surface area contributed by atoms with Crippen molar-refractivity contribution in [2.24, 2.45) is 5.92 Å². The zero-order valence-corrected chi connectivity index (χ0v) is 11.2. The Morgan fingerprint density at radius 1 is 1.20 bits per heavy atom. The number of rotatable bonds is 3. The van der Waals surface area contributed by atoms with Gasteiger partial charge in [-0.3, -0.25) is 4.79 Å². The molecule has 2 aliphatic rings. The number of nitrogens with zero attached hydrogens (tertiary/aromatic N) is 1. The molecule has 0 spiro atoms. The molecule has 1 saturated heterocycles. The lowest BCUT2D eigenvalue weighted by Crippen LogP contribution is -2.45. The van der Waals surface area contributed by atoms with E-state index in [1.807, 2.05) is 0 Å². The third-order valence-electron chi connectivity index (χ3n) is 4.08. The summed E-state index contributed by atoms with van der Waals surface area (Å²) in [6, 6.07) is 0. The third kappa shape index (κ3) is 3.59. The van der Waals surface area contributed by atoms with E-state index in [1.165, 1.54) is 4.90 Å². The van der Waals surface area contributed by atoms with Crippen LogP contribution in [0.1, 0.15) is 32.1 Å². The van der Waals surface area contributed by atoms with Crippen LogP contribution in [-0.2, 0) is 9.53 Å². The SMILES string of the molecule is O=C(O)OC(C(=O)N1CC[C@H](F)C1)C1CCC(O)CC1. The van der Waals surface area contributed by atoms with E-state index in [1.54, 1.807) is 0 Å². The number of carbonyl (C=O) groups excluding carboxylic acids is 1. The largest absolute Gasteiger partial charge is 0.506 e. The Morgan fingerprint density at radius 3 is 2.35 bits per heavy atom. The molecule has 2 N–H and O–H groups in total. The highest BCUT2D eigenvalue weighted by atomic mass is 19.1. The summed E-state index contributed by atoms with van der Waals surface area (Å²) in [7, 11) is 0. The van der Waals surface area contributed by atoms with Crippen LogP contribution < -0.4 is 0 Å². The van der Waals surface area contributed by atoms with E-state index in [2.05, 4.69) is 0 Å². The van der Waals surface area contributed by atoms with Gasteiger partial charge < -0.3 is 19.8 Å². The van der Waals surface area contributed by atoms with Crippen LogP contribution in [-0.4, -0.2) is 58.6 Å². The lowest BCUT2D eigenvalue weighted by atomic mass is 9.83. The van der Waals surface area contributed by atoms with Gasteiger partial charge in [0, 0.05) is 12.5 Å². The molecule has 0 aromatic carbocycles. The van der Waals surface area contributed by atoms with Crippen molar-refractivity contribution in [3.05, 3.63) is 0 Å². The molecule has 0 aromatic rings. The van der Waals surface area contributed by atoms with Crippen molar-refractivity contribution in [3.8, 4) is 0 Å². The predicted molar refractivity (Wildman–Crippen MR) is 67.0 cm³/mol. The standard InChI is InChI=1S/C13H20FNO5/c14-9-5-6-15(7-9)12(17)11(20-13(18)19)8-1-3-10(16)4-2-8/h8-11,16H,1-7H2,(H,18,19)/t8?,9-,10?,11?/m0/s1. The highest BCUT2D eigenvalue weighted by Gasteiger charge is 2.39. The number of alkyl halides is 1. The molecule has 1 aliphatic heterocycles. The van der Waals surface area contributed by atoms with E-state index in [-0.39, 0.29) is 18.9 Å². The maximum atomic E-state index is 13.2. The number of carbonyl (C=O) groups is 2. The lowest BCUT2D eigenvalue weighted by Gasteiger charge is -2.32. The molecule has 0 radical (unpaired) electrons. The number of halogens is 1. The Hall–Kier alpha value is -1.37. The van der Waals surface area contributed by atoms with Gasteiger partial charge in [0.15, 0.2) is 6.10 Å². The van der Waals surface area contributed by atoms with Gasteiger partial charge in [0.2, 0.25) is 0 Å². The van der Waals surface area contributed by atoms with Gasteiger partial charge >= 0.3 is 6.16 Å². The Balaban J connectivity index is 2.02. The molecule has 114 valence electrons. The van der Waals surface area contributed by atoms with Crippen molar-refractivity contribution < 1.29 is 28.9 Å². The van der Waals surface area contributed by atoms with Gasteiger partial charge in [-0.05, 0) is 32.1 Å². The average Bonchev–Trinajstić information content (AvgIpc) is 2.83. The van der Waals surface area contributed by atoms with E-state index in [0.29, 0.717) is 32.2 Å². The number of aliphatic hydroxyl groups is 1. The summed E-state index contributed by atoms with van der Waals surface area (Å²) in [5.74, 6) is -0.686. The van der Waals surface area contributed by atoms with Crippen LogP contribution in [0.15, 0.2) is 0 Å². The van der Waals surface area contributed by atoms with E-state index >= 15 is 0 Å². The first-order chi connectivity index (χ1) is 9.47. The molecule has 1 saturated carbocycles. The molecule has 1 amide bonds. The first-order valence-corrected chi connectivity index (χ1v) is 6.98. The predicted octanol–water partition coefficient (Wildman–Crippen LogP) is 1.17. The van der Waals surface area contributed by atoms with E-state index in [4.69, 9.17) is 9.84 Å². The van der Waals surface area contributed by atoms with Crippen LogP contribution >= 0.6 is 0 Å². The van der Waals surface area contributed by atoms with Crippen molar-refractivity contribution in [3.63, 3.8) is 0 Å². The van der Waals surface area contributed by atoms with Crippen LogP contribution in [0.25, 0.3) is 0 Å². The summed E-state index contributed by atoms with van der Waals surface area (Å²) in [4.78, 5) is 24.4. The van der Waals surface area contributed by atoms with Gasteiger partial charge in [0.05, 0.1) is 12.6 Å². The normalized spacial score (nSPS) is 31.9. The highest BCUT2D eigenvalue weighted by molar-refractivity contribution is 5.83. The zero-order valence-electron chi connectivity index (χ0n) is 11.2. The summed E-state index contributed by atoms with van der Waals surface area (Å²) in [5, 5.41) is 18.3. The average molecular weight is 289 g/mol. The minimum Gasteiger partial charge on any atom is -0.450 e.